The van der Waals surface area contributed by atoms with E-state index in [2.05, 4.69) is 0 Å². The van der Waals surface area contributed by atoms with E-state index in [-0.39, 0.29) is 17.9 Å². The molecule has 0 radical (unpaired) electrons. The molecule has 2 aromatic carbocycles. The summed E-state index contributed by atoms with van der Waals surface area (Å²) in [5, 5.41) is 1.79. The Morgan fingerprint density at radius 1 is 1.00 bits per heavy atom. The van der Waals surface area contributed by atoms with Crippen LogP contribution >= 0.6 is 0 Å². The van der Waals surface area contributed by atoms with Crippen molar-refractivity contribution in [1.82, 2.24) is 5.06 Å². The number of hydrogen-bond acceptors (Lipinski definition) is 3. The number of benzene rings is 2. The van der Waals surface area contributed by atoms with Crippen molar-refractivity contribution in [1.29, 1.82) is 0 Å². The SMILES string of the molecule is C[C@H]1C(=O)ON(Cc2ccccc2)[C@@H]1c1ccccc1. The van der Waals surface area contributed by atoms with Crippen LogP contribution in [0.5, 0.6) is 0 Å². The molecule has 0 N–H and O–H groups in total. The van der Waals surface area contributed by atoms with Gasteiger partial charge in [-0.15, -0.1) is 5.06 Å². The van der Waals surface area contributed by atoms with Gasteiger partial charge in [0.05, 0.1) is 18.5 Å². The fraction of sp³-hybridized carbons (Fsp3) is 0.235. The van der Waals surface area contributed by atoms with Gasteiger partial charge in [-0.2, -0.15) is 0 Å². The van der Waals surface area contributed by atoms with Crippen LogP contribution in [0.3, 0.4) is 0 Å². The molecule has 0 saturated carbocycles. The first-order chi connectivity index (χ1) is 9.75. The summed E-state index contributed by atoms with van der Waals surface area (Å²) in [5.41, 5.74) is 2.25. The minimum Gasteiger partial charge on any atom is -0.367 e. The summed E-state index contributed by atoms with van der Waals surface area (Å²) in [7, 11) is 0. The Kier molecular flexibility index (Phi) is 3.52. The van der Waals surface area contributed by atoms with E-state index in [0.717, 1.165) is 11.1 Å². The molecule has 1 fully saturated rings. The third-order valence-electron chi connectivity index (χ3n) is 3.69. The van der Waals surface area contributed by atoms with Crippen LogP contribution in [0.2, 0.25) is 0 Å². The molecule has 1 aliphatic heterocycles. The number of hydroxylamine groups is 2. The van der Waals surface area contributed by atoms with Gasteiger partial charge in [-0.3, -0.25) is 0 Å². The van der Waals surface area contributed by atoms with E-state index >= 15 is 0 Å². The van der Waals surface area contributed by atoms with Crippen molar-refractivity contribution in [2.45, 2.75) is 19.5 Å². The van der Waals surface area contributed by atoms with E-state index in [9.17, 15) is 4.79 Å². The van der Waals surface area contributed by atoms with Gasteiger partial charge in [-0.25, -0.2) is 4.79 Å². The van der Waals surface area contributed by atoms with Crippen LogP contribution in [0, 0.1) is 5.92 Å². The fourth-order valence-electron chi connectivity index (χ4n) is 2.63. The van der Waals surface area contributed by atoms with Crippen molar-refractivity contribution in [3.63, 3.8) is 0 Å². The molecule has 1 aliphatic rings. The highest BCUT2D eigenvalue weighted by molar-refractivity contribution is 5.74. The second-order valence-electron chi connectivity index (χ2n) is 5.12. The van der Waals surface area contributed by atoms with Crippen LogP contribution in [0.25, 0.3) is 0 Å². The molecule has 0 unspecified atom stereocenters. The van der Waals surface area contributed by atoms with Crippen LogP contribution in [0.4, 0.5) is 0 Å². The van der Waals surface area contributed by atoms with Crippen LogP contribution in [0.15, 0.2) is 60.7 Å². The number of rotatable bonds is 3. The molecule has 1 saturated heterocycles. The second-order valence-corrected chi connectivity index (χ2v) is 5.12. The summed E-state index contributed by atoms with van der Waals surface area (Å²) in [6.45, 7) is 2.53. The molecule has 3 nitrogen and oxygen atoms in total. The van der Waals surface area contributed by atoms with E-state index in [4.69, 9.17) is 4.84 Å². The number of nitrogens with zero attached hydrogens (tertiary/aromatic N) is 1. The average molecular weight is 267 g/mol. The minimum absolute atomic E-state index is 0.0242. The normalized spacial score (nSPS) is 22.8. The van der Waals surface area contributed by atoms with E-state index < -0.39 is 0 Å². The first kappa shape index (κ1) is 12.9. The molecule has 2 aromatic rings. The molecule has 3 rings (SSSR count). The smallest absolute Gasteiger partial charge is 0.329 e. The molecule has 2 atom stereocenters. The predicted octanol–water partition coefficient (Wildman–Crippen LogP) is 3.34. The van der Waals surface area contributed by atoms with E-state index in [0.29, 0.717) is 6.54 Å². The molecule has 0 bridgehead atoms. The maximum atomic E-state index is 11.9. The summed E-state index contributed by atoms with van der Waals surface area (Å²) >= 11 is 0. The van der Waals surface area contributed by atoms with Gasteiger partial charge in [0, 0.05) is 0 Å². The predicted molar refractivity (Wildman–Crippen MR) is 76.4 cm³/mol. The monoisotopic (exact) mass is 267 g/mol. The van der Waals surface area contributed by atoms with Gasteiger partial charge in [0.15, 0.2) is 0 Å². The standard InChI is InChI=1S/C17H17NO2/c1-13-16(15-10-6-3-7-11-15)18(20-17(13)19)12-14-8-4-2-5-9-14/h2-11,13,16H,12H2,1H3/t13-,16+/m1/s1. The van der Waals surface area contributed by atoms with Crippen molar-refractivity contribution in [3.8, 4) is 0 Å². The summed E-state index contributed by atoms with van der Waals surface area (Å²) in [6, 6.07) is 20.1. The number of hydrogen-bond donors (Lipinski definition) is 0. The Morgan fingerprint density at radius 3 is 2.25 bits per heavy atom. The molecular weight excluding hydrogens is 250 g/mol. The van der Waals surface area contributed by atoms with Crippen molar-refractivity contribution in [2.24, 2.45) is 5.92 Å². The van der Waals surface area contributed by atoms with Gasteiger partial charge in [0.2, 0.25) is 0 Å². The van der Waals surface area contributed by atoms with Crippen LogP contribution in [-0.4, -0.2) is 11.0 Å². The minimum atomic E-state index is -0.158. The highest BCUT2D eigenvalue weighted by Crippen LogP contribution is 2.36. The van der Waals surface area contributed by atoms with Gasteiger partial charge in [-0.05, 0) is 18.1 Å². The molecule has 20 heavy (non-hydrogen) atoms. The first-order valence-corrected chi connectivity index (χ1v) is 6.83. The van der Waals surface area contributed by atoms with E-state index in [1.165, 1.54) is 0 Å². The topological polar surface area (TPSA) is 29.5 Å². The molecule has 102 valence electrons. The summed E-state index contributed by atoms with van der Waals surface area (Å²) < 4.78 is 0. The zero-order valence-corrected chi connectivity index (χ0v) is 11.4. The van der Waals surface area contributed by atoms with Crippen LogP contribution in [-0.2, 0) is 16.2 Å². The quantitative estimate of drug-likeness (QED) is 0.854. The molecule has 0 aromatic heterocycles. The fourth-order valence-corrected chi connectivity index (χ4v) is 2.63. The Hall–Kier alpha value is -2.13. The first-order valence-electron chi connectivity index (χ1n) is 6.83. The maximum Gasteiger partial charge on any atom is 0.329 e. The molecular formula is C17H17NO2. The third-order valence-corrected chi connectivity index (χ3v) is 3.69. The molecule has 0 amide bonds. The zero-order chi connectivity index (χ0) is 13.9. The Morgan fingerprint density at radius 2 is 1.60 bits per heavy atom. The van der Waals surface area contributed by atoms with Gasteiger partial charge in [-0.1, -0.05) is 60.7 Å². The summed E-state index contributed by atoms with van der Waals surface area (Å²) in [6.07, 6.45) is 0. The molecule has 0 spiro atoms. The van der Waals surface area contributed by atoms with Crippen molar-refractivity contribution in [2.75, 3.05) is 0 Å². The Balaban J connectivity index is 1.87. The van der Waals surface area contributed by atoms with E-state index in [1.54, 1.807) is 5.06 Å². The average Bonchev–Trinajstić information content (AvgIpc) is 2.76. The highest BCUT2D eigenvalue weighted by atomic mass is 16.7. The van der Waals surface area contributed by atoms with Crippen molar-refractivity contribution >= 4 is 5.97 Å². The van der Waals surface area contributed by atoms with Gasteiger partial charge in [0.1, 0.15) is 0 Å². The number of carbonyl (C=O) groups is 1. The number of carbonyl (C=O) groups excluding carboxylic acids is 1. The zero-order valence-electron chi connectivity index (χ0n) is 11.4. The Bertz CT molecular complexity index is 582. The molecule has 1 heterocycles. The lowest BCUT2D eigenvalue weighted by atomic mass is 9.95. The summed E-state index contributed by atoms with van der Waals surface area (Å²) in [4.78, 5) is 17.3. The third kappa shape index (κ3) is 2.45. The molecule has 0 aliphatic carbocycles. The van der Waals surface area contributed by atoms with Crippen molar-refractivity contribution in [3.05, 3.63) is 71.8 Å². The van der Waals surface area contributed by atoms with Gasteiger partial charge < -0.3 is 4.84 Å². The molecule has 3 heteroatoms. The lowest BCUT2D eigenvalue weighted by Gasteiger charge is -2.23. The summed E-state index contributed by atoms with van der Waals surface area (Å²) in [5.74, 6) is -0.309. The largest absolute Gasteiger partial charge is 0.367 e. The Labute approximate surface area is 118 Å². The van der Waals surface area contributed by atoms with Crippen LogP contribution < -0.4 is 0 Å². The van der Waals surface area contributed by atoms with E-state index in [1.807, 2.05) is 67.6 Å². The van der Waals surface area contributed by atoms with Gasteiger partial charge in [0.25, 0.3) is 0 Å². The lowest BCUT2D eigenvalue weighted by molar-refractivity contribution is -0.178. The highest BCUT2D eigenvalue weighted by Gasteiger charge is 2.41. The van der Waals surface area contributed by atoms with Crippen LogP contribution in [0.1, 0.15) is 24.1 Å². The maximum absolute atomic E-state index is 11.9. The van der Waals surface area contributed by atoms with Gasteiger partial charge >= 0.3 is 5.97 Å². The lowest BCUT2D eigenvalue weighted by Crippen LogP contribution is -2.23. The van der Waals surface area contributed by atoms with Crippen molar-refractivity contribution < 1.29 is 9.63 Å². The second kappa shape index (κ2) is 5.47.